The molecule has 1 saturated heterocycles. The monoisotopic (exact) mass is 423 g/mol. The molecule has 0 amide bonds. The van der Waals surface area contributed by atoms with Crippen molar-refractivity contribution in [1.82, 2.24) is 19.9 Å². The van der Waals surface area contributed by atoms with E-state index in [0.29, 0.717) is 0 Å². The average molecular weight is 424 g/mol. The minimum absolute atomic E-state index is 0.245. The van der Waals surface area contributed by atoms with Crippen LogP contribution >= 0.6 is 0 Å². The average Bonchev–Trinajstić information content (AvgIpc) is 3.43. The minimum Gasteiger partial charge on any atom is -0.508 e. The van der Waals surface area contributed by atoms with E-state index in [2.05, 4.69) is 57.1 Å². The van der Waals surface area contributed by atoms with Crippen molar-refractivity contribution in [2.45, 2.75) is 19.8 Å². The Morgan fingerprint density at radius 2 is 1.38 bits per heavy atom. The Morgan fingerprint density at radius 3 is 2.09 bits per heavy atom. The number of benzene rings is 3. The Morgan fingerprint density at radius 1 is 0.781 bits per heavy atom. The summed E-state index contributed by atoms with van der Waals surface area (Å²) in [5.41, 5.74) is 7.10. The molecular formula is C26H25N5O. The Labute approximate surface area is 186 Å². The van der Waals surface area contributed by atoms with Gasteiger partial charge in [-0.3, -0.25) is 0 Å². The zero-order valence-corrected chi connectivity index (χ0v) is 18.0. The Bertz CT molecular complexity index is 1410. The van der Waals surface area contributed by atoms with E-state index in [1.165, 1.54) is 18.5 Å². The normalized spacial score (nSPS) is 15.1. The molecule has 6 rings (SSSR count). The summed E-state index contributed by atoms with van der Waals surface area (Å²) in [5.74, 6) is 2.70. The molecule has 0 bridgehead atoms. The number of fused-ring (bicyclic) bond motifs is 2. The Kier molecular flexibility index (Phi) is 4.38. The number of phenolic OH excluding ortho intramolecular Hbond substituents is 1. The second-order valence-electron chi connectivity index (χ2n) is 8.82. The number of aromatic amines is 2. The van der Waals surface area contributed by atoms with Crippen LogP contribution in [0.5, 0.6) is 5.75 Å². The molecule has 0 radical (unpaired) electrons. The molecule has 5 aromatic rings. The van der Waals surface area contributed by atoms with Crippen LogP contribution in [0.2, 0.25) is 0 Å². The highest BCUT2D eigenvalue weighted by Crippen LogP contribution is 2.29. The quantitative estimate of drug-likeness (QED) is 0.347. The second kappa shape index (κ2) is 7.41. The van der Waals surface area contributed by atoms with E-state index < -0.39 is 0 Å². The molecule has 3 aromatic carbocycles. The van der Waals surface area contributed by atoms with Gasteiger partial charge in [-0.1, -0.05) is 6.92 Å². The number of nitrogens with one attached hydrogen (secondary N) is 2. The summed E-state index contributed by atoms with van der Waals surface area (Å²) >= 11 is 0. The molecule has 1 aliphatic rings. The van der Waals surface area contributed by atoms with Gasteiger partial charge in [-0.05, 0) is 79.4 Å². The number of aromatic nitrogens is 4. The van der Waals surface area contributed by atoms with Gasteiger partial charge in [0.15, 0.2) is 0 Å². The summed E-state index contributed by atoms with van der Waals surface area (Å²) in [7, 11) is 0. The van der Waals surface area contributed by atoms with Crippen LogP contribution in [0.4, 0.5) is 5.69 Å². The maximum atomic E-state index is 9.52. The van der Waals surface area contributed by atoms with Crippen LogP contribution in [0, 0.1) is 5.92 Å². The standard InChI is InChI=1S/C26H25N5O/c1-16-10-12-31(13-11-16)19-5-9-22-24(15-19)30-26(28-22)18-4-8-21-23(14-18)29-25(27-21)17-2-6-20(32)7-3-17/h2-9,14-16,32H,10-13H2,1H3,(H,27,29)(H,28,30). The highest BCUT2D eigenvalue weighted by atomic mass is 16.3. The molecule has 6 heteroatoms. The summed E-state index contributed by atoms with van der Waals surface area (Å²) in [4.78, 5) is 18.9. The molecule has 3 N–H and O–H groups in total. The van der Waals surface area contributed by atoms with Crippen LogP contribution < -0.4 is 4.90 Å². The van der Waals surface area contributed by atoms with Crippen LogP contribution in [0.25, 0.3) is 44.8 Å². The molecule has 2 aromatic heterocycles. The van der Waals surface area contributed by atoms with Crippen LogP contribution in [0.1, 0.15) is 19.8 Å². The number of hydrogen-bond acceptors (Lipinski definition) is 4. The zero-order chi connectivity index (χ0) is 21.7. The van der Waals surface area contributed by atoms with E-state index in [9.17, 15) is 5.11 Å². The van der Waals surface area contributed by atoms with E-state index >= 15 is 0 Å². The fraction of sp³-hybridized carbons (Fsp3) is 0.231. The van der Waals surface area contributed by atoms with Gasteiger partial charge in [0.05, 0.1) is 22.1 Å². The number of H-pyrrole nitrogens is 2. The summed E-state index contributed by atoms with van der Waals surface area (Å²) < 4.78 is 0. The summed E-state index contributed by atoms with van der Waals surface area (Å²) in [6.07, 6.45) is 2.51. The van der Waals surface area contributed by atoms with Crippen LogP contribution in [0.15, 0.2) is 60.7 Å². The lowest BCUT2D eigenvalue weighted by atomic mass is 9.99. The maximum Gasteiger partial charge on any atom is 0.138 e. The van der Waals surface area contributed by atoms with Gasteiger partial charge in [0.25, 0.3) is 0 Å². The third kappa shape index (κ3) is 3.38. The van der Waals surface area contributed by atoms with Crippen LogP contribution in [0.3, 0.4) is 0 Å². The lowest BCUT2D eigenvalue weighted by Gasteiger charge is -2.32. The number of aromatic hydroxyl groups is 1. The number of rotatable bonds is 3. The molecule has 32 heavy (non-hydrogen) atoms. The fourth-order valence-electron chi connectivity index (χ4n) is 4.51. The number of piperidine rings is 1. The highest BCUT2D eigenvalue weighted by Gasteiger charge is 2.17. The first-order valence-electron chi connectivity index (χ1n) is 11.2. The third-order valence-corrected chi connectivity index (χ3v) is 6.51. The number of nitrogens with zero attached hydrogens (tertiary/aromatic N) is 3. The van der Waals surface area contributed by atoms with Crippen LogP contribution in [-0.2, 0) is 0 Å². The zero-order valence-electron chi connectivity index (χ0n) is 18.0. The van der Waals surface area contributed by atoms with Crippen LogP contribution in [-0.4, -0.2) is 38.1 Å². The number of hydrogen-bond donors (Lipinski definition) is 3. The van der Waals surface area contributed by atoms with Crippen molar-refractivity contribution in [1.29, 1.82) is 0 Å². The molecule has 0 aliphatic carbocycles. The van der Waals surface area contributed by atoms with E-state index in [1.54, 1.807) is 12.1 Å². The number of imidazole rings is 2. The second-order valence-corrected chi connectivity index (χ2v) is 8.82. The Hall–Kier alpha value is -3.80. The number of anilines is 1. The van der Waals surface area contributed by atoms with Crippen molar-refractivity contribution >= 4 is 27.8 Å². The van der Waals surface area contributed by atoms with Gasteiger partial charge >= 0.3 is 0 Å². The van der Waals surface area contributed by atoms with Gasteiger partial charge in [0.1, 0.15) is 17.4 Å². The largest absolute Gasteiger partial charge is 0.508 e. The third-order valence-electron chi connectivity index (χ3n) is 6.51. The molecule has 160 valence electrons. The van der Waals surface area contributed by atoms with Crippen molar-refractivity contribution in [2.75, 3.05) is 18.0 Å². The minimum atomic E-state index is 0.245. The van der Waals surface area contributed by atoms with Gasteiger partial charge in [0.2, 0.25) is 0 Å². The molecule has 6 nitrogen and oxygen atoms in total. The SMILES string of the molecule is CC1CCN(c2ccc3nc(-c4ccc5nc(-c6ccc(O)cc6)[nH]c5c4)[nH]c3c2)CC1. The van der Waals surface area contributed by atoms with E-state index in [-0.39, 0.29) is 5.75 Å². The molecular weight excluding hydrogens is 398 g/mol. The first-order chi connectivity index (χ1) is 15.6. The van der Waals surface area contributed by atoms with Crippen molar-refractivity contribution < 1.29 is 5.11 Å². The lowest BCUT2D eigenvalue weighted by molar-refractivity contribution is 0.438. The summed E-state index contributed by atoms with van der Waals surface area (Å²) in [5, 5.41) is 9.52. The van der Waals surface area contributed by atoms with Gasteiger partial charge in [-0.25, -0.2) is 9.97 Å². The predicted octanol–water partition coefficient (Wildman–Crippen LogP) is 5.72. The van der Waals surface area contributed by atoms with Gasteiger partial charge < -0.3 is 20.0 Å². The molecule has 0 saturated carbocycles. The lowest BCUT2D eigenvalue weighted by Crippen LogP contribution is -2.32. The van der Waals surface area contributed by atoms with Crippen molar-refractivity contribution in [3.05, 3.63) is 60.7 Å². The molecule has 0 spiro atoms. The van der Waals surface area contributed by atoms with E-state index in [4.69, 9.17) is 4.98 Å². The van der Waals surface area contributed by atoms with Crippen molar-refractivity contribution in [3.8, 4) is 28.5 Å². The van der Waals surface area contributed by atoms with Gasteiger partial charge in [-0.15, -0.1) is 0 Å². The Balaban J connectivity index is 1.32. The van der Waals surface area contributed by atoms with E-state index in [1.807, 2.05) is 18.2 Å². The molecule has 0 atom stereocenters. The van der Waals surface area contributed by atoms with Gasteiger partial charge in [-0.2, -0.15) is 0 Å². The molecule has 1 aliphatic heterocycles. The molecule has 3 heterocycles. The van der Waals surface area contributed by atoms with Crippen molar-refractivity contribution in [3.63, 3.8) is 0 Å². The van der Waals surface area contributed by atoms with Gasteiger partial charge in [0, 0.05) is 29.9 Å². The summed E-state index contributed by atoms with van der Waals surface area (Å²) in [6.45, 7) is 4.58. The summed E-state index contributed by atoms with van der Waals surface area (Å²) in [6, 6.07) is 19.7. The smallest absolute Gasteiger partial charge is 0.138 e. The maximum absolute atomic E-state index is 9.52. The number of phenols is 1. The first-order valence-corrected chi connectivity index (χ1v) is 11.2. The topological polar surface area (TPSA) is 80.8 Å². The predicted molar refractivity (Wildman–Crippen MR) is 129 cm³/mol. The highest BCUT2D eigenvalue weighted by molar-refractivity contribution is 5.87. The first kappa shape index (κ1) is 18.9. The molecule has 0 unspecified atom stereocenters. The fourth-order valence-corrected chi connectivity index (χ4v) is 4.51. The molecule has 1 fully saturated rings. The van der Waals surface area contributed by atoms with E-state index in [0.717, 1.165) is 63.8 Å². The van der Waals surface area contributed by atoms with Crippen molar-refractivity contribution in [2.24, 2.45) is 5.92 Å².